The molecule has 1 aliphatic carbocycles. The van der Waals surface area contributed by atoms with Crippen molar-refractivity contribution in [2.24, 2.45) is 5.92 Å². The van der Waals surface area contributed by atoms with Crippen molar-refractivity contribution in [2.75, 3.05) is 6.61 Å². The first-order valence-electron chi connectivity index (χ1n) is 8.81. The maximum atomic E-state index is 12.1. The number of fused-ring (bicyclic) bond motifs is 3. The van der Waals surface area contributed by atoms with Crippen molar-refractivity contribution in [3.8, 4) is 11.1 Å². The molecule has 3 rings (SSSR count). The topological polar surface area (TPSA) is 75.6 Å². The summed E-state index contributed by atoms with van der Waals surface area (Å²) in [6.45, 7) is 4.00. The summed E-state index contributed by atoms with van der Waals surface area (Å²) < 4.78 is 5.39. The van der Waals surface area contributed by atoms with Crippen LogP contribution in [0.2, 0.25) is 0 Å². The Kier molecular flexibility index (Phi) is 5.26. The Bertz CT molecular complexity index is 770. The number of amides is 1. The van der Waals surface area contributed by atoms with Crippen molar-refractivity contribution >= 4 is 12.1 Å². The van der Waals surface area contributed by atoms with Gasteiger partial charge in [0, 0.05) is 5.92 Å². The molecule has 26 heavy (non-hydrogen) atoms. The molecule has 0 aromatic heterocycles. The molecule has 1 amide bonds. The van der Waals surface area contributed by atoms with Crippen LogP contribution in [0.25, 0.3) is 11.1 Å². The van der Waals surface area contributed by atoms with Crippen LogP contribution in [-0.2, 0) is 9.53 Å². The van der Waals surface area contributed by atoms with Gasteiger partial charge in [0.2, 0.25) is 0 Å². The zero-order valence-corrected chi connectivity index (χ0v) is 14.9. The van der Waals surface area contributed by atoms with Crippen LogP contribution in [-0.4, -0.2) is 29.8 Å². The molecule has 0 radical (unpaired) electrons. The maximum absolute atomic E-state index is 12.1. The molecule has 1 atom stereocenters. The van der Waals surface area contributed by atoms with Gasteiger partial charge in [0.25, 0.3) is 0 Å². The fourth-order valence-corrected chi connectivity index (χ4v) is 3.48. The van der Waals surface area contributed by atoms with E-state index in [-0.39, 0.29) is 18.4 Å². The first-order chi connectivity index (χ1) is 12.5. The van der Waals surface area contributed by atoms with Gasteiger partial charge >= 0.3 is 12.1 Å². The normalized spacial score (nSPS) is 13.8. The summed E-state index contributed by atoms with van der Waals surface area (Å²) in [7, 11) is 0. The number of benzene rings is 2. The molecule has 0 saturated carbocycles. The van der Waals surface area contributed by atoms with Gasteiger partial charge < -0.3 is 15.2 Å². The molecule has 1 unspecified atom stereocenters. The smallest absolute Gasteiger partial charge is 0.407 e. The third kappa shape index (κ3) is 3.72. The summed E-state index contributed by atoms with van der Waals surface area (Å²) in [4.78, 5) is 23.4. The van der Waals surface area contributed by atoms with Gasteiger partial charge in [-0.2, -0.15) is 0 Å². The van der Waals surface area contributed by atoms with Crippen molar-refractivity contribution in [1.82, 2.24) is 5.32 Å². The van der Waals surface area contributed by atoms with Crippen molar-refractivity contribution in [3.05, 3.63) is 59.7 Å². The minimum atomic E-state index is -1.05. The van der Waals surface area contributed by atoms with E-state index in [1.165, 1.54) is 0 Å². The molecule has 1 aliphatic rings. The minimum Gasteiger partial charge on any atom is -0.480 e. The molecule has 0 bridgehead atoms. The molecule has 0 spiro atoms. The molecule has 2 aromatic carbocycles. The number of rotatable bonds is 6. The second-order valence-electron chi connectivity index (χ2n) is 6.99. The fourth-order valence-electron chi connectivity index (χ4n) is 3.48. The van der Waals surface area contributed by atoms with Crippen LogP contribution in [0.15, 0.2) is 48.5 Å². The van der Waals surface area contributed by atoms with Gasteiger partial charge in [-0.3, -0.25) is 0 Å². The van der Waals surface area contributed by atoms with Crippen LogP contribution in [0.4, 0.5) is 4.79 Å². The molecule has 5 nitrogen and oxygen atoms in total. The maximum Gasteiger partial charge on any atom is 0.407 e. The molecule has 2 aromatic rings. The standard InChI is InChI=1S/C21H23NO4/c1-13(2)11-19(20(23)24)22-21(25)26-12-18-16-9-5-3-7-14(16)15-8-4-6-10-17(15)18/h3-10,13,18-19H,11-12H2,1-2H3,(H,22,25)(H,23,24)/i1+1,2+1,11+1,13+1,19+1,20+1,22+1. The average Bonchev–Trinajstić information content (AvgIpc) is 2.93. The molecule has 2 N–H and O–H groups in total. The summed E-state index contributed by atoms with van der Waals surface area (Å²) in [5, 5.41) is 11.7. The lowest BCUT2D eigenvalue weighted by Crippen LogP contribution is -2.42. The van der Waals surface area contributed by atoms with Crippen molar-refractivity contribution < 1.29 is 19.4 Å². The van der Waals surface area contributed by atoms with E-state index in [4.69, 9.17) is 4.74 Å². The largest absolute Gasteiger partial charge is 0.480 e. The summed E-state index contributed by atoms with van der Waals surface area (Å²) >= 11 is 0. The van der Waals surface area contributed by atoms with Crippen LogP contribution >= 0.6 is 0 Å². The van der Waals surface area contributed by atoms with Gasteiger partial charge in [0.05, 0.1) is 0 Å². The molecular formula is C21H23NO4. The number of aliphatic carboxylic acids is 1. The van der Waals surface area contributed by atoms with Crippen molar-refractivity contribution in [1.29, 1.82) is 0 Å². The highest BCUT2D eigenvalue weighted by Gasteiger charge is 2.29. The third-order valence-corrected chi connectivity index (χ3v) is 4.64. The van der Waals surface area contributed by atoms with Crippen LogP contribution in [0.5, 0.6) is 0 Å². The number of carboxylic acids is 1. The SMILES string of the molecule is [13CH3][13CH]([13CH3])[13CH2][13CH]([15NH]C(=O)OCC1c2ccccc2-c2ccccc21)[13C](=O)O. The predicted molar refractivity (Wildman–Crippen MR) is 99.1 cm³/mol. The molecule has 0 heterocycles. The fraction of sp³-hybridized carbons (Fsp3) is 0.333. The van der Waals surface area contributed by atoms with E-state index in [1.54, 1.807) is 0 Å². The van der Waals surface area contributed by atoms with E-state index in [9.17, 15) is 14.7 Å². The number of ether oxygens (including phenoxy) is 1. The van der Waals surface area contributed by atoms with E-state index < -0.39 is 18.1 Å². The van der Waals surface area contributed by atoms with Crippen molar-refractivity contribution in [2.45, 2.75) is 32.2 Å². The molecular weight excluding hydrogens is 337 g/mol. The number of alkyl carbamates (subject to hydrolysis) is 1. The van der Waals surface area contributed by atoms with Gasteiger partial charge in [-0.1, -0.05) is 62.4 Å². The average molecular weight is 360 g/mol. The van der Waals surface area contributed by atoms with E-state index in [2.05, 4.69) is 17.4 Å². The van der Waals surface area contributed by atoms with E-state index in [0.717, 1.165) is 22.3 Å². The van der Waals surface area contributed by atoms with E-state index >= 15 is 0 Å². The van der Waals surface area contributed by atoms with Gasteiger partial charge in [0.15, 0.2) is 0 Å². The Morgan fingerprint density at radius 2 is 1.58 bits per heavy atom. The highest BCUT2D eigenvalue weighted by molar-refractivity contribution is 5.81. The highest BCUT2D eigenvalue weighted by Crippen LogP contribution is 2.44. The monoisotopic (exact) mass is 360 g/mol. The first-order valence-corrected chi connectivity index (χ1v) is 8.81. The van der Waals surface area contributed by atoms with E-state index in [0.29, 0.717) is 6.42 Å². The lowest BCUT2D eigenvalue weighted by Gasteiger charge is -2.18. The Labute approximate surface area is 153 Å². The van der Waals surface area contributed by atoms with Gasteiger partial charge in [-0.15, -0.1) is 0 Å². The highest BCUT2D eigenvalue weighted by atomic mass is 16.6. The molecule has 0 aliphatic heterocycles. The number of carbonyl (C=O) groups is 2. The van der Waals surface area contributed by atoms with Gasteiger partial charge in [0.1, 0.15) is 12.6 Å². The summed E-state index contributed by atoms with van der Waals surface area (Å²) in [6, 6.07) is 15.2. The second kappa shape index (κ2) is 7.60. The van der Waals surface area contributed by atoms with E-state index in [1.807, 2.05) is 50.2 Å². The summed E-state index contributed by atoms with van der Waals surface area (Å²) in [5.41, 5.74) is 4.55. The molecule has 5 heteroatoms. The zero-order valence-electron chi connectivity index (χ0n) is 14.9. The Morgan fingerprint density at radius 1 is 1.04 bits per heavy atom. The van der Waals surface area contributed by atoms with Crippen LogP contribution in [0.1, 0.15) is 37.3 Å². The van der Waals surface area contributed by atoms with Gasteiger partial charge in [-0.05, 0) is 34.6 Å². The van der Waals surface area contributed by atoms with Crippen molar-refractivity contribution in [3.63, 3.8) is 0 Å². The van der Waals surface area contributed by atoms with Crippen LogP contribution in [0.3, 0.4) is 0 Å². The zero-order chi connectivity index (χ0) is 18.7. The number of hydrogen-bond donors (Lipinski definition) is 2. The van der Waals surface area contributed by atoms with Crippen LogP contribution in [0, 0.1) is 5.92 Å². The molecule has 0 saturated heterocycles. The number of nitrogens with one attached hydrogen (secondary N) is 1. The lowest BCUT2D eigenvalue weighted by atomic mass is 9.98. The molecule has 0 fully saturated rings. The Balaban J connectivity index is 1.70. The Morgan fingerprint density at radius 3 is 2.08 bits per heavy atom. The Hall–Kier alpha value is -2.82. The van der Waals surface area contributed by atoms with Gasteiger partial charge in [-0.25, -0.2) is 9.59 Å². The minimum absolute atomic E-state index is 0.0403. The predicted octanol–water partition coefficient (Wildman–Crippen LogP) is 4.02. The first kappa shape index (κ1) is 18.0. The number of carbonyl (C=O) groups excluding carboxylic acids is 1. The number of carboxylic acid groups (broad SMARTS) is 1. The second-order valence-corrected chi connectivity index (χ2v) is 6.99. The quantitative estimate of drug-likeness (QED) is 0.603. The summed E-state index contributed by atoms with van der Waals surface area (Å²) in [6.07, 6.45) is -0.334. The third-order valence-electron chi connectivity index (χ3n) is 4.64. The number of hydrogen-bond acceptors (Lipinski definition) is 3. The van der Waals surface area contributed by atoms with Crippen LogP contribution < -0.4 is 5.32 Å². The summed E-state index contributed by atoms with van der Waals surface area (Å²) in [5.74, 6) is -0.932. The molecule has 136 valence electrons. The lowest BCUT2D eigenvalue weighted by molar-refractivity contribution is -0.139.